The largest absolute Gasteiger partial charge is 0.341 e. The van der Waals surface area contributed by atoms with Crippen LogP contribution in [-0.2, 0) is 7.05 Å². The third-order valence-corrected chi connectivity index (χ3v) is 6.08. The topological polar surface area (TPSA) is 93.8 Å². The van der Waals surface area contributed by atoms with Crippen molar-refractivity contribution in [1.82, 2.24) is 24.4 Å². The van der Waals surface area contributed by atoms with Crippen LogP contribution >= 0.6 is 11.6 Å². The predicted octanol–water partition coefficient (Wildman–Crippen LogP) is 4.65. The first kappa shape index (κ1) is 21.7. The third-order valence-electron chi connectivity index (χ3n) is 5.85. The summed E-state index contributed by atoms with van der Waals surface area (Å²) in [5.74, 6) is 0.447. The normalized spacial score (nSPS) is 11.2. The number of carbonyl (C=O) groups is 1. The van der Waals surface area contributed by atoms with Gasteiger partial charge in [-0.25, -0.2) is 14.6 Å². The lowest BCUT2D eigenvalue weighted by Crippen LogP contribution is -2.24. The van der Waals surface area contributed by atoms with Crippen LogP contribution in [0.1, 0.15) is 5.56 Å². The Kier molecular flexibility index (Phi) is 5.30. The van der Waals surface area contributed by atoms with Crippen molar-refractivity contribution in [2.45, 2.75) is 6.92 Å². The molecule has 0 spiro atoms. The Hall–Kier alpha value is -4.17. The molecule has 0 aliphatic heterocycles. The van der Waals surface area contributed by atoms with Gasteiger partial charge in [0.05, 0.1) is 28.4 Å². The van der Waals surface area contributed by atoms with E-state index < -0.39 is 0 Å². The highest BCUT2D eigenvalue weighted by molar-refractivity contribution is 6.30. The molecule has 0 fully saturated rings. The molecule has 3 aromatic heterocycles. The molecule has 2 aromatic carbocycles. The molecule has 0 bridgehead atoms. The molecule has 0 aliphatic carbocycles. The number of amides is 2. The quantitative estimate of drug-likeness (QED) is 0.399. The average Bonchev–Trinajstić information content (AvgIpc) is 3.09. The van der Waals surface area contributed by atoms with Gasteiger partial charge in [0, 0.05) is 36.3 Å². The standard InChI is InChI=1S/C25H21ClN6O2/c1-14-10-17(26)6-8-20(14)32-23-18-11-15(16-5-9-22(29-12-16)30-24(33)27-2)4-7-19(18)28-13-21(23)31(3)25(32)34/h4-13H,1-3H3,(H2,27,29,30,33). The molecule has 2 N–H and O–H groups in total. The minimum absolute atomic E-state index is 0.161. The van der Waals surface area contributed by atoms with E-state index in [1.807, 2.05) is 43.3 Å². The zero-order valence-corrected chi connectivity index (χ0v) is 19.5. The van der Waals surface area contributed by atoms with Crippen molar-refractivity contribution in [3.8, 4) is 16.8 Å². The molecular weight excluding hydrogens is 452 g/mol. The van der Waals surface area contributed by atoms with E-state index in [4.69, 9.17) is 11.6 Å². The van der Waals surface area contributed by atoms with Crippen LogP contribution < -0.4 is 16.3 Å². The molecule has 2 amide bonds. The Morgan fingerprint density at radius 2 is 1.79 bits per heavy atom. The van der Waals surface area contributed by atoms with E-state index >= 15 is 0 Å². The number of hydrogen-bond donors (Lipinski definition) is 2. The number of anilines is 1. The first-order chi connectivity index (χ1) is 16.4. The number of pyridine rings is 2. The van der Waals surface area contributed by atoms with Gasteiger partial charge in [-0.2, -0.15) is 0 Å². The lowest BCUT2D eigenvalue weighted by molar-refractivity contribution is 0.254. The van der Waals surface area contributed by atoms with Gasteiger partial charge in [-0.15, -0.1) is 0 Å². The Balaban J connectivity index is 1.72. The minimum Gasteiger partial charge on any atom is -0.341 e. The van der Waals surface area contributed by atoms with Crippen molar-refractivity contribution in [2.24, 2.45) is 7.05 Å². The van der Waals surface area contributed by atoms with Crippen molar-refractivity contribution in [3.63, 3.8) is 0 Å². The maximum absolute atomic E-state index is 13.3. The van der Waals surface area contributed by atoms with Crippen LogP contribution in [0, 0.1) is 6.92 Å². The summed E-state index contributed by atoms with van der Waals surface area (Å²) in [5.41, 5.74) is 5.56. The third kappa shape index (κ3) is 3.58. The number of rotatable bonds is 3. The second-order valence-corrected chi connectivity index (χ2v) is 8.40. The summed E-state index contributed by atoms with van der Waals surface area (Å²) in [4.78, 5) is 33.7. The fourth-order valence-electron chi connectivity index (χ4n) is 4.09. The molecule has 0 aliphatic rings. The Labute approximate surface area is 199 Å². The van der Waals surface area contributed by atoms with E-state index in [9.17, 15) is 9.59 Å². The molecule has 0 saturated heterocycles. The minimum atomic E-state index is -0.334. The van der Waals surface area contributed by atoms with Crippen LogP contribution in [0.2, 0.25) is 5.02 Å². The fourth-order valence-corrected chi connectivity index (χ4v) is 4.31. The summed E-state index contributed by atoms with van der Waals surface area (Å²) in [6.45, 7) is 1.93. The van der Waals surface area contributed by atoms with E-state index in [2.05, 4.69) is 20.6 Å². The van der Waals surface area contributed by atoms with E-state index in [1.54, 1.807) is 47.8 Å². The number of hydrogen-bond acceptors (Lipinski definition) is 4. The number of aryl methyl sites for hydroxylation is 2. The summed E-state index contributed by atoms with van der Waals surface area (Å²) < 4.78 is 3.31. The summed E-state index contributed by atoms with van der Waals surface area (Å²) in [5, 5.41) is 6.60. The van der Waals surface area contributed by atoms with Gasteiger partial charge < -0.3 is 5.32 Å². The SMILES string of the molecule is CNC(=O)Nc1ccc(-c2ccc3ncc4c(c3c2)n(-c2ccc(Cl)cc2C)c(=O)n4C)cn1. The van der Waals surface area contributed by atoms with E-state index in [1.165, 1.54) is 0 Å². The molecule has 5 aromatic rings. The first-order valence-corrected chi connectivity index (χ1v) is 11.0. The average molecular weight is 473 g/mol. The van der Waals surface area contributed by atoms with Crippen molar-refractivity contribution in [3.05, 3.63) is 82.0 Å². The Morgan fingerprint density at radius 1 is 1.00 bits per heavy atom. The lowest BCUT2D eigenvalue weighted by Gasteiger charge is -2.10. The molecule has 0 saturated carbocycles. The summed E-state index contributed by atoms with van der Waals surface area (Å²) in [7, 11) is 3.29. The Morgan fingerprint density at radius 3 is 2.50 bits per heavy atom. The van der Waals surface area contributed by atoms with Gasteiger partial charge in [0.25, 0.3) is 0 Å². The second kappa shape index (κ2) is 8.31. The number of aromatic nitrogens is 4. The molecule has 5 rings (SSSR count). The number of nitrogens with zero attached hydrogens (tertiary/aromatic N) is 4. The Bertz CT molecular complexity index is 1640. The van der Waals surface area contributed by atoms with Crippen LogP contribution in [0.4, 0.5) is 10.6 Å². The van der Waals surface area contributed by atoms with Gasteiger partial charge in [0.1, 0.15) is 5.82 Å². The number of carbonyl (C=O) groups excluding carboxylic acids is 1. The van der Waals surface area contributed by atoms with Gasteiger partial charge in [0.15, 0.2) is 0 Å². The molecule has 3 heterocycles. The van der Waals surface area contributed by atoms with Gasteiger partial charge in [-0.3, -0.25) is 19.4 Å². The summed E-state index contributed by atoms with van der Waals surface area (Å²) in [6.07, 6.45) is 3.42. The molecule has 0 radical (unpaired) electrons. The molecule has 0 atom stereocenters. The van der Waals surface area contributed by atoms with Crippen molar-refractivity contribution < 1.29 is 4.79 Å². The van der Waals surface area contributed by atoms with E-state index in [-0.39, 0.29) is 11.7 Å². The van der Waals surface area contributed by atoms with Crippen LogP contribution in [0.25, 0.3) is 38.8 Å². The van der Waals surface area contributed by atoms with Gasteiger partial charge in [-0.1, -0.05) is 17.7 Å². The number of imidazole rings is 1. The van der Waals surface area contributed by atoms with E-state index in [0.717, 1.165) is 44.3 Å². The number of benzene rings is 2. The van der Waals surface area contributed by atoms with Crippen molar-refractivity contribution >= 4 is 45.4 Å². The molecule has 9 heteroatoms. The zero-order chi connectivity index (χ0) is 24.0. The second-order valence-electron chi connectivity index (χ2n) is 7.97. The molecule has 34 heavy (non-hydrogen) atoms. The smallest absolute Gasteiger partial charge is 0.333 e. The fraction of sp³-hybridized carbons (Fsp3) is 0.120. The van der Waals surface area contributed by atoms with Gasteiger partial charge in [0.2, 0.25) is 0 Å². The van der Waals surface area contributed by atoms with E-state index in [0.29, 0.717) is 10.8 Å². The van der Waals surface area contributed by atoms with Gasteiger partial charge >= 0.3 is 11.7 Å². The molecular formula is C25H21ClN6O2. The molecule has 8 nitrogen and oxygen atoms in total. The molecule has 0 unspecified atom stereocenters. The highest BCUT2D eigenvalue weighted by Crippen LogP contribution is 2.31. The van der Waals surface area contributed by atoms with Crippen LogP contribution in [-0.4, -0.2) is 32.2 Å². The zero-order valence-electron chi connectivity index (χ0n) is 18.8. The van der Waals surface area contributed by atoms with Crippen molar-refractivity contribution in [1.29, 1.82) is 0 Å². The summed E-state index contributed by atoms with van der Waals surface area (Å²) in [6, 6.07) is 14.7. The number of halogens is 1. The predicted molar refractivity (Wildman–Crippen MR) is 135 cm³/mol. The lowest BCUT2D eigenvalue weighted by atomic mass is 10.0. The first-order valence-electron chi connectivity index (χ1n) is 10.6. The molecule has 170 valence electrons. The van der Waals surface area contributed by atoms with Crippen LogP contribution in [0.15, 0.2) is 65.7 Å². The number of fused-ring (bicyclic) bond motifs is 3. The van der Waals surface area contributed by atoms with Crippen LogP contribution in [0.3, 0.4) is 0 Å². The van der Waals surface area contributed by atoms with Crippen molar-refractivity contribution in [2.75, 3.05) is 12.4 Å². The van der Waals surface area contributed by atoms with Crippen LogP contribution in [0.5, 0.6) is 0 Å². The number of nitrogens with one attached hydrogen (secondary N) is 2. The maximum atomic E-state index is 13.3. The summed E-state index contributed by atoms with van der Waals surface area (Å²) >= 11 is 6.16. The maximum Gasteiger partial charge on any atom is 0.333 e. The highest BCUT2D eigenvalue weighted by atomic mass is 35.5. The highest BCUT2D eigenvalue weighted by Gasteiger charge is 2.18. The van der Waals surface area contributed by atoms with Gasteiger partial charge in [-0.05, 0) is 60.5 Å². The monoisotopic (exact) mass is 472 g/mol. The number of urea groups is 1.